The highest BCUT2D eigenvalue weighted by Crippen LogP contribution is 2.15. The molecule has 2 nitrogen and oxygen atoms in total. The van der Waals surface area contributed by atoms with Crippen LogP contribution in [0.5, 0.6) is 0 Å². The summed E-state index contributed by atoms with van der Waals surface area (Å²) in [5.41, 5.74) is 3.69. The van der Waals surface area contributed by atoms with Crippen molar-refractivity contribution in [2.75, 3.05) is 0 Å². The molecule has 0 aliphatic carbocycles. The van der Waals surface area contributed by atoms with E-state index in [0.717, 1.165) is 16.7 Å². The van der Waals surface area contributed by atoms with E-state index in [4.69, 9.17) is 11.6 Å². The lowest BCUT2D eigenvalue weighted by molar-refractivity contribution is 0.0950. The minimum absolute atomic E-state index is 0.0684. The maximum absolute atomic E-state index is 12.1. The zero-order valence-corrected chi connectivity index (χ0v) is 11.8. The molecule has 1 N–H and O–H groups in total. The molecular weight excluding hydrogens is 258 g/mol. The van der Waals surface area contributed by atoms with Gasteiger partial charge in [-0.2, -0.15) is 0 Å². The number of hydrogen-bond acceptors (Lipinski definition) is 1. The highest BCUT2D eigenvalue weighted by molar-refractivity contribution is 6.31. The lowest BCUT2D eigenvalue weighted by Gasteiger charge is -2.09. The van der Waals surface area contributed by atoms with Crippen LogP contribution in [0.15, 0.2) is 42.5 Å². The van der Waals surface area contributed by atoms with Gasteiger partial charge in [-0.1, -0.05) is 47.5 Å². The van der Waals surface area contributed by atoms with Crippen LogP contribution in [0.2, 0.25) is 5.02 Å². The molecule has 0 bridgehead atoms. The fourth-order valence-electron chi connectivity index (χ4n) is 1.89. The van der Waals surface area contributed by atoms with Gasteiger partial charge in [-0.15, -0.1) is 0 Å². The quantitative estimate of drug-likeness (QED) is 0.903. The molecule has 2 rings (SSSR count). The van der Waals surface area contributed by atoms with Crippen molar-refractivity contribution in [1.82, 2.24) is 5.32 Å². The summed E-state index contributed by atoms with van der Waals surface area (Å²) in [4.78, 5) is 12.1. The summed E-state index contributed by atoms with van der Waals surface area (Å²) in [5, 5.41) is 3.57. The maximum Gasteiger partial charge on any atom is 0.251 e. The molecule has 98 valence electrons. The van der Waals surface area contributed by atoms with E-state index >= 15 is 0 Å². The Labute approximate surface area is 118 Å². The van der Waals surface area contributed by atoms with Crippen LogP contribution < -0.4 is 5.32 Å². The van der Waals surface area contributed by atoms with Gasteiger partial charge < -0.3 is 5.32 Å². The monoisotopic (exact) mass is 273 g/mol. The van der Waals surface area contributed by atoms with Gasteiger partial charge in [0.15, 0.2) is 0 Å². The van der Waals surface area contributed by atoms with Gasteiger partial charge in [0.1, 0.15) is 0 Å². The minimum Gasteiger partial charge on any atom is -0.348 e. The number of aryl methyl sites for hydroxylation is 2. The highest BCUT2D eigenvalue weighted by atomic mass is 35.5. The molecule has 2 aromatic carbocycles. The zero-order valence-electron chi connectivity index (χ0n) is 11.0. The number of amides is 1. The highest BCUT2D eigenvalue weighted by Gasteiger charge is 2.09. The molecule has 0 unspecified atom stereocenters. The Hall–Kier alpha value is -1.80. The predicted molar refractivity (Wildman–Crippen MR) is 78.5 cm³/mol. The van der Waals surface area contributed by atoms with E-state index in [9.17, 15) is 4.79 Å². The van der Waals surface area contributed by atoms with Crippen molar-refractivity contribution in [3.05, 3.63) is 69.7 Å². The summed E-state index contributed by atoms with van der Waals surface area (Å²) in [7, 11) is 0. The smallest absolute Gasteiger partial charge is 0.251 e. The number of halogens is 1. The molecule has 0 atom stereocenters. The molecule has 1 amide bonds. The molecular formula is C16H16ClNO. The third-order valence-electron chi connectivity index (χ3n) is 3.03. The van der Waals surface area contributed by atoms with Gasteiger partial charge in [-0.3, -0.25) is 4.79 Å². The number of benzene rings is 2. The third kappa shape index (κ3) is 3.36. The minimum atomic E-state index is -0.0684. The number of nitrogens with one attached hydrogen (secondary N) is 1. The van der Waals surface area contributed by atoms with E-state index in [1.54, 1.807) is 0 Å². The summed E-state index contributed by atoms with van der Waals surface area (Å²) >= 11 is 6.06. The number of rotatable bonds is 3. The fraction of sp³-hybridized carbons (Fsp3) is 0.188. The molecule has 0 spiro atoms. The molecule has 0 radical (unpaired) electrons. The van der Waals surface area contributed by atoms with Crippen molar-refractivity contribution in [1.29, 1.82) is 0 Å². The number of carbonyl (C=O) groups excluding carboxylic acids is 1. The topological polar surface area (TPSA) is 29.1 Å². The zero-order chi connectivity index (χ0) is 13.8. The molecule has 0 aromatic heterocycles. The average Bonchev–Trinajstić information content (AvgIpc) is 2.40. The standard InChI is InChI=1S/C16H16ClNO/c1-11-7-8-12(2)14(9-11)16(19)18-10-13-5-3-4-6-15(13)17/h3-9H,10H2,1-2H3,(H,18,19). The van der Waals surface area contributed by atoms with Crippen LogP contribution in [0.4, 0.5) is 0 Å². The van der Waals surface area contributed by atoms with E-state index in [-0.39, 0.29) is 5.91 Å². The second kappa shape index (κ2) is 5.89. The van der Waals surface area contributed by atoms with Crippen LogP contribution in [-0.2, 0) is 6.54 Å². The lowest BCUT2D eigenvalue weighted by Crippen LogP contribution is -2.23. The molecule has 0 aliphatic heterocycles. The molecule has 0 saturated heterocycles. The Balaban J connectivity index is 2.10. The van der Waals surface area contributed by atoms with Gasteiger partial charge in [-0.05, 0) is 37.1 Å². The molecule has 3 heteroatoms. The van der Waals surface area contributed by atoms with Crippen molar-refractivity contribution < 1.29 is 4.79 Å². The van der Waals surface area contributed by atoms with Crippen molar-refractivity contribution in [2.45, 2.75) is 20.4 Å². The van der Waals surface area contributed by atoms with Gasteiger partial charge >= 0.3 is 0 Å². The van der Waals surface area contributed by atoms with Crippen molar-refractivity contribution in [3.63, 3.8) is 0 Å². The first-order chi connectivity index (χ1) is 9.08. The Morgan fingerprint density at radius 1 is 1.16 bits per heavy atom. The molecule has 2 aromatic rings. The third-order valence-corrected chi connectivity index (χ3v) is 3.40. The van der Waals surface area contributed by atoms with Gasteiger partial charge in [0.25, 0.3) is 5.91 Å². The van der Waals surface area contributed by atoms with Gasteiger partial charge in [0.2, 0.25) is 0 Å². The average molecular weight is 274 g/mol. The second-order valence-electron chi connectivity index (χ2n) is 4.59. The van der Waals surface area contributed by atoms with Crippen molar-refractivity contribution >= 4 is 17.5 Å². The van der Waals surface area contributed by atoms with E-state index in [1.165, 1.54) is 0 Å². The molecule has 0 saturated carbocycles. The largest absolute Gasteiger partial charge is 0.348 e. The Morgan fingerprint density at radius 3 is 2.63 bits per heavy atom. The Kier molecular flexibility index (Phi) is 4.23. The van der Waals surface area contributed by atoms with E-state index in [1.807, 2.05) is 56.3 Å². The van der Waals surface area contributed by atoms with E-state index in [2.05, 4.69) is 5.32 Å². The number of carbonyl (C=O) groups is 1. The van der Waals surface area contributed by atoms with Gasteiger partial charge in [0, 0.05) is 17.1 Å². The second-order valence-corrected chi connectivity index (χ2v) is 5.00. The molecule has 0 heterocycles. The molecule has 0 aliphatic rings. The first kappa shape index (κ1) is 13.6. The summed E-state index contributed by atoms with van der Waals surface area (Å²) < 4.78 is 0. The maximum atomic E-state index is 12.1. The van der Waals surface area contributed by atoms with E-state index < -0.39 is 0 Å². The Bertz CT molecular complexity index is 607. The van der Waals surface area contributed by atoms with Crippen LogP contribution in [0.3, 0.4) is 0 Å². The first-order valence-corrected chi connectivity index (χ1v) is 6.54. The van der Waals surface area contributed by atoms with Gasteiger partial charge in [-0.25, -0.2) is 0 Å². The van der Waals surface area contributed by atoms with Crippen LogP contribution in [0, 0.1) is 13.8 Å². The predicted octanol–water partition coefficient (Wildman–Crippen LogP) is 3.89. The van der Waals surface area contributed by atoms with E-state index in [0.29, 0.717) is 17.1 Å². The normalized spacial score (nSPS) is 10.3. The van der Waals surface area contributed by atoms with Crippen LogP contribution in [0.1, 0.15) is 27.0 Å². The van der Waals surface area contributed by atoms with Crippen LogP contribution in [0.25, 0.3) is 0 Å². The Morgan fingerprint density at radius 2 is 1.89 bits per heavy atom. The SMILES string of the molecule is Cc1ccc(C)c(C(=O)NCc2ccccc2Cl)c1. The van der Waals surface area contributed by atoms with Crippen molar-refractivity contribution in [2.24, 2.45) is 0 Å². The van der Waals surface area contributed by atoms with Gasteiger partial charge in [0.05, 0.1) is 0 Å². The van der Waals surface area contributed by atoms with Crippen LogP contribution >= 0.6 is 11.6 Å². The summed E-state index contributed by atoms with van der Waals surface area (Å²) in [5.74, 6) is -0.0684. The summed E-state index contributed by atoms with van der Waals surface area (Å²) in [6, 6.07) is 13.4. The molecule has 19 heavy (non-hydrogen) atoms. The number of hydrogen-bond donors (Lipinski definition) is 1. The summed E-state index contributed by atoms with van der Waals surface area (Å²) in [6.45, 7) is 4.35. The van der Waals surface area contributed by atoms with Crippen LogP contribution in [-0.4, -0.2) is 5.91 Å². The lowest BCUT2D eigenvalue weighted by atomic mass is 10.0. The molecule has 0 fully saturated rings. The first-order valence-electron chi connectivity index (χ1n) is 6.17. The van der Waals surface area contributed by atoms with Crippen molar-refractivity contribution in [3.8, 4) is 0 Å². The summed E-state index contributed by atoms with van der Waals surface area (Å²) in [6.07, 6.45) is 0. The fourth-order valence-corrected chi connectivity index (χ4v) is 2.10.